The van der Waals surface area contributed by atoms with Crippen molar-refractivity contribution in [1.29, 1.82) is 0 Å². The van der Waals surface area contributed by atoms with Crippen molar-refractivity contribution in [2.45, 2.75) is 58.3 Å². The normalized spacial score (nSPS) is 28.6. The minimum atomic E-state index is -0.124. The van der Waals surface area contributed by atoms with E-state index in [2.05, 4.69) is 44.5 Å². The molecule has 15 heavy (non-hydrogen) atoms. The van der Waals surface area contributed by atoms with Gasteiger partial charge in [0.1, 0.15) is 0 Å². The van der Waals surface area contributed by atoms with Crippen molar-refractivity contribution in [2.24, 2.45) is 0 Å². The molecule has 0 radical (unpaired) electrons. The van der Waals surface area contributed by atoms with Gasteiger partial charge in [-0.25, -0.2) is 0 Å². The summed E-state index contributed by atoms with van der Waals surface area (Å²) in [5.74, 6) is 0. The summed E-state index contributed by atoms with van der Waals surface area (Å²) in [6.45, 7) is 10.9. The number of aliphatic hydroxyl groups excluding tert-OH is 1. The predicted octanol–water partition coefficient (Wildman–Crippen LogP) is 1.17. The number of β-amino-alcohol motifs (C(OH)–C–C–N with tert-alkyl or cyclic N) is 1. The van der Waals surface area contributed by atoms with E-state index in [4.69, 9.17) is 0 Å². The summed E-state index contributed by atoms with van der Waals surface area (Å²) in [6.07, 6.45) is 0.799. The van der Waals surface area contributed by atoms with Crippen LogP contribution in [-0.2, 0) is 0 Å². The molecule has 1 N–H and O–H groups in total. The maximum absolute atomic E-state index is 9.60. The molecule has 0 aromatic carbocycles. The van der Waals surface area contributed by atoms with Gasteiger partial charge in [-0.3, -0.25) is 9.80 Å². The zero-order valence-electron chi connectivity index (χ0n) is 10.8. The van der Waals surface area contributed by atoms with E-state index in [1.807, 2.05) is 0 Å². The Morgan fingerprint density at radius 3 is 2.13 bits per heavy atom. The molecule has 1 aliphatic heterocycles. The molecule has 1 rings (SSSR count). The lowest BCUT2D eigenvalue weighted by Crippen LogP contribution is -2.45. The van der Waals surface area contributed by atoms with Gasteiger partial charge < -0.3 is 5.11 Å². The van der Waals surface area contributed by atoms with Gasteiger partial charge in [-0.05, 0) is 41.2 Å². The number of aliphatic hydroxyl groups is 1. The molecular formula is C12H26N2O. The Morgan fingerprint density at radius 2 is 1.80 bits per heavy atom. The summed E-state index contributed by atoms with van der Waals surface area (Å²) in [5.41, 5.74) is 0. The first kappa shape index (κ1) is 12.9. The van der Waals surface area contributed by atoms with Crippen LogP contribution in [0.4, 0.5) is 0 Å². The molecule has 2 atom stereocenters. The molecule has 0 aliphatic carbocycles. The van der Waals surface area contributed by atoms with Crippen LogP contribution in [0.15, 0.2) is 0 Å². The van der Waals surface area contributed by atoms with E-state index in [0.29, 0.717) is 18.1 Å². The fourth-order valence-corrected chi connectivity index (χ4v) is 2.53. The van der Waals surface area contributed by atoms with Crippen molar-refractivity contribution in [2.75, 3.05) is 20.1 Å². The molecule has 90 valence electrons. The highest BCUT2D eigenvalue weighted by molar-refractivity contribution is 4.86. The van der Waals surface area contributed by atoms with E-state index >= 15 is 0 Å². The van der Waals surface area contributed by atoms with Gasteiger partial charge in [-0.1, -0.05) is 0 Å². The smallest absolute Gasteiger partial charge is 0.0682 e. The summed E-state index contributed by atoms with van der Waals surface area (Å²) in [4.78, 5) is 4.78. The van der Waals surface area contributed by atoms with Crippen molar-refractivity contribution in [3.05, 3.63) is 0 Å². The van der Waals surface area contributed by atoms with Crippen LogP contribution >= 0.6 is 0 Å². The minimum Gasteiger partial charge on any atom is -0.392 e. The van der Waals surface area contributed by atoms with Crippen LogP contribution in [0.5, 0.6) is 0 Å². The van der Waals surface area contributed by atoms with Gasteiger partial charge in [0.15, 0.2) is 0 Å². The van der Waals surface area contributed by atoms with E-state index in [0.717, 1.165) is 19.5 Å². The summed E-state index contributed by atoms with van der Waals surface area (Å²) in [7, 11) is 2.11. The molecule has 0 aromatic heterocycles. The molecule has 0 aromatic rings. The Kier molecular flexibility index (Phi) is 4.56. The second kappa shape index (κ2) is 5.28. The Hall–Kier alpha value is -0.120. The Bertz CT molecular complexity index is 186. The molecule has 1 saturated heterocycles. The van der Waals surface area contributed by atoms with Gasteiger partial charge in [0.2, 0.25) is 0 Å². The third-order valence-electron chi connectivity index (χ3n) is 3.41. The van der Waals surface area contributed by atoms with Crippen LogP contribution < -0.4 is 0 Å². The number of hydrogen-bond donors (Lipinski definition) is 1. The van der Waals surface area contributed by atoms with Gasteiger partial charge in [0.25, 0.3) is 0 Å². The van der Waals surface area contributed by atoms with E-state index < -0.39 is 0 Å². The molecule has 1 fully saturated rings. The molecule has 0 saturated carbocycles. The number of likely N-dealkylation sites (N-methyl/N-ethyl adjacent to an activating group) is 1. The number of likely N-dealkylation sites (tertiary alicyclic amines) is 1. The molecule has 0 bridgehead atoms. The van der Waals surface area contributed by atoms with E-state index in [1.165, 1.54) is 0 Å². The van der Waals surface area contributed by atoms with Crippen LogP contribution in [0.25, 0.3) is 0 Å². The van der Waals surface area contributed by atoms with E-state index in [9.17, 15) is 5.11 Å². The molecular weight excluding hydrogens is 188 g/mol. The third kappa shape index (κ3) is 3.44. The lowest BCUT2D eigenvalue weighted by molar-refractivity contribution is 0.129. The van der Waals surface area contributed by atoms with Gasteiger partial charge in [-0.2, -0.15) is 0 Å². The molecule has 0 spiro atoms. The van der Waals surface area contributed by atoms with Gasteiger partial charge in [0, 0.05) is 31.2 Å². The quantitative estimate of drug-likeness (QED) is 0.761. The van der Waals surface area contributed by atoms with Gasteiger partial charge in [-0.15, -0.1) is 0 Å². The largest absolute Gasteiger partial charge is 0.392 e. The predicted molar refractivity (Wildman–Crippen MR) is 64.0 cm³/mol. The standard InChI is InChI=1S/C12H26N2O/c1-9(2)14(10(3)4)7-11-6-12(15)8-13(11)5/h9-12,15H,6-8H2,1-5H3/t11?,12-/m1/s1. The first-order valence-electron chi connectivity index (χ1n) is 6.05. The Labute approximate surface area is 94.1 Å². The highest BCUT2D eigenvalue weighted by atomic mass is 16.3. The fourth-order valence-electron chi connectivity index (χ4n) is 2.53. The zero-order valence-corrected chi connectivity index (χ0v) is 10.8. The van der Waals surface area contributed by atoms with Crippen molar-refractivity contribution in [1.82, 2.24) is 9.80 Å². The second-order valence-corrected chi connectivity index (χ2v) is 5.37. The monoisotopic (exact) mass is 214 g/mol. The lowest BCUT2D eigenvalue weighted by Gasteiger charge is -2.34. The Morgan fingerprint density at radius 1 is 1.27 bits per heavy atom. The molecule has 1 heterocycles. The molecule has 3 heteroatoms. The summed E-state index contributed by atoms with van der Waals surface area (Å²) in [6, 6.07) is 1.68. The molecule has 1 unspecified atom stereocenters. The maximum atomic E-state index is 9.60. The first-order chi connectivity index (χ1) is 6.91. The summed E-state index contributed by atoms with van der Waals surface area (Å²) >= 11 is 0. The van der Waals surface area contributed by atoms with Crippen molar-refractivity contribution in [3.63, 3.8) is 0 Å². The van der Waals surface area contributed by atoms with Crippen LogP contribution in [0, 0.1) is 0 Å². The molecule has 1 aliphatic rings. The van der Waals surface area contributed by atoms with Crippen molar-refractivity contribution in [3.8, 4) is 0 Å². The first-order valence-corrected chi connectivity index (χ1v) is 6.05. The van der Waals surface area contributed by atoms with E-state index in [-0.39, 0.29) is 6.10 Å². The summed E-state index contributed by atoms with van der Waals surface area (Å²) in [5, 5.41) is 9.60. The van der Waals surface area contributed by atoms with Crippen molar-refractivity contribution >= 4 is 0 Å². The van der Waals surface area contributed by atoms with Gasteiger partial charge >= 0.3 is 0 Å². The zero-order chi connectivity index (χ0) is 11.6. The number of rotatable bonds is 4. The number of hydrogen-bond acceptors (Lipinski definition) is 3. The Balaban J connectivity index is 2.51. The average molecular weight is 214 g/mol. The van der Waals surface area contributed by atoms with Crippen LogP contribution in [0.1, 0.15) is 34.1 Å². The third-order valence-corrected chi connectivity index (χ3v) is 3.41. The lowest BCUT2D eigenvalue weighted by atomic mass is 10.1. The topological polar surface area (TPSA) is 26.7 Å². The second-order valence-electron chi connectivity index (χ2n) is 5.37. The van der Waals surface area contributed by atoms with Crippen molar-refractivity contribution < 1.29 is 5.11 Å². The fraction of sp³-hybridized carbons (Fsp3) is 1.00. The van der Waals surface area contributed by atoms with Crippen LogP contribution in [-0.4, -0.2) is 59.3 Å². The number of nitrogens with zero attached hydrogens (tertiary/aromatic N) is 2. The van der Waals surface area contributed by atoms with Crippen LogP contribution in [0.2, 0.25) is 0 Å². The highest BCUT2D eigenvalue weighted by Gasteiger charge is 2.30. The van der Waals surface area contributed by atoms with E-state index in [1.54, 1.807) is 0 Å². The minimum absolute atomic E-state index is 0.124. The SMILES string of the molecule is CC(C)N(CC1C[C@@H](O)CN1C)C(C)C. The van der Waals surface area contributed by atoms with Gasteiger partial charge in [0.05, 0.1) is 6.10 Å². The highest BCUT2D eigenvalue weighted by Crippen LogP contribution is 2.18. The van der Waals surface area contributed by atoms with Crippen LogP contribution in [0.3, 0.4) is 0 Å². The molecule has 3 nitrogen and oxygen atoms in total. The molecule has 0 amide bonds. The average Bonchev–Trinajstić information content (AvgIpc) is 2.39. The summed E-state index contributed by atoms with van der Waals surface area (Å²) < 4.78 is 0. The maximum Gasteiger partial charge on any atom is 0.0682 e.